The second kappa shape index (κ2) is 3.85. The van der Waals surface area contributed by atoms with Gasteiger partial charge in [0, 0.05) is 17.0 Å². The molecule has 2 atom stereocenters. The number of aromatic nitrogens is 2. The quantitative estimate of drug-likeness (QED) is 0.702. The van der Waals surface area contributed by atoms with Gasteiger partial charge in [-0.05, 0) is 31.7 Å². The van der Waals surface area contributed by atoms with E-state index < -0.39 is 0 Å². The van der Waals surface area contributed by atoms with Crippen LogP contribution < -0.4 is 0 Å². The third-order valence-corrected chi connectivity index (χ3v) is 3.41. The third kappa shape index (κ3) is 1.63. The lowest BCUT2D eigenvalue weighted by atomic mass is 9.99. The molecule has 0 spiro atoms. The molecular weight excluding hydrogens is 196 g/mol. The van der Waals surface area contributed by atoms with Gasteiger partial charge in [-0.1, -0.05) is 6.92 Å². The van der Waals surface area contributed by atoms with Crippen LogP contribution in [0.3, 0.4) is 0 Å². The van der Waals surface area contributed by atoms with Crippen molar-refractivity contribution >= 4 is 11.6 Å². The standard InChI is InChI=1S/C11H15ClN2/c1-7(8(2)12)11-9-4-3-5-10(9)13-6-14-11/h6-8H,3-5H2,1-2H3. The summed E-state index contributed by atoms with van der Waals surface area (Å²) < 4.78 is 0. The molecule has 0 radical (unpaired) electrons. The van der Waals surface area contributed by atoms with Gasteiger partial charge in [-0.3, -0.25) is 0 Å². The van der Waals surface area contributed by atoms with Gasteiger partial charge in [0.25, 0.3) is 0 Å². The Balaban J connectivity index is 2.39. The van der Waals surface area contributed by atoms with Crippen molar-refractivity contribution in [2.45, 2.75) is 44.4 Å². The molecule has 0 saturated heterocycles. The van der Waals surface area contributed by atoms with Gasteiger partial charge in [0.05, 0.1) is 5.69 Å². The van der Waals surface area contributed by atoms with Crippen LogP contribution in [0.15, 0.2) is 6.33 Å². The maximum atomic E-state index is 6.10. The number of halogens is 1. The van der Waals surface area contributed by atoms with E-state index in [9.17, 15) is 0 Å². The molecule has 0 aromatic carbocycles. The topological polar surface area (TPSA) is 25.8 Å². The number of hydrogen-bond donors (Lipinski definition) is 0. The molecule has 1 aliphatic carbocycles. The predicted octanol–water partition coefficient (Wildman–Crippen LogP) is 2.70. The van der Waals surface area contributed by atoms with E-state index in [-0.39, 0.29) is 5.38 Å². The largest absolute Gasteiger partial charge is 0.241 e. The molecule has 0 aliphatic heterocycles. The van der Waals surface area contributed by atoms with Crippen LogP contribution in [0.1, 0.15) is 43.1 Å². The minimum atomic E-state index is 0.134. The van der Waals surface area contributed by atoms with Gasteiger partial charge in [0.1, 0.15) is 6.33 Å². The molecule has 2 rings (SSSR count). The molecule has 1 heterocycles. The maximum Gasteiger partial charge on any atom is 0.115 e. The zero-order valence-corrected chi connectivity index (χ0v) is 9.38. The van der Waals surface area contributed by atoms with Gasteiger partial charge in [-0.25, -0.2) is 9.97 Å². The van der Waals surface area contributed by atoms with Crippen LogP contribution in [0.5, 0.6) is 0 Å². The molecule has 2 unspecified atom stereocenters. The molecule has 0 saturated carbocycles. The van der Waals surface area contributed by atoms with Crippen molar-refractivity contribution in [3.8, 4) is 0 Å². The summed E-state index contributed by atoms with van der Waals surface area (Å²) in [6.07, 6.45) is 5.12. The summed E-state index contributed by atoms with van der Waals surface area (Å²) in [6.45, 7) is 4.16. The number of alkyl halides is 1. The lowest BCUT2D eigenvalue weighted by Crippen LogP contribution is -2.11. The minimum Gasteiger partial charge on any atom is -0.241 e. The van der Waals surface area contributed by atoms with E-state index in [0.717, 1.165) is 18.5 Å². The van der Waals surface area contributed by atoms with Crippen molar-refractivity contribution in [3.05, 3.63) is 23.3 Å². The maximum absolute atomic E-state index is 6.10. The van der Waals surface area contributed by atoms with Crippen molar-refractivity contribution in [2.24, 2.45) is 0 Å². The molecule has 0 N–H and O–H groups in total. The average Bonchev–Trinajstić information content (AvgIpc) is 2.63. The first kappa shape index (κ1) is 9.91. The lowest BCUT2D eigenvalue weighted by Gasteiger charge is -2.16. The van der Waals surface area contributed by atoms with Gasteiger partial charge >= 0.3 is 0 Å². The number of fused-ring (bicyclic) bond motifs is 1. The number of aryl methyl sites for hydroxylation is 1. The van der Waals surface area contributed by atoms with Gasteiger partial charge in [-0.2, -0.15) is 0 Å². The number of nitrogens with zero attached hydrogens (tertiary/aromatic N) is 2. The highest BCUT2D eigenvalue weighted by Gasteiger charge is 2.22. The molecule has 1 aliphatic rings. The Kier molecular flexibility index (Phi) is 2.73. The van der Waals surface area contributed by atoms with E-state index in [1.165, 1.54) is 17.7 Å². The van der Waals surface area contributed by atoms with E-state index in [2.05, 4.69) is 16.9 Å². The molecule has 0 amide bonds. The van der Waals surface area contributed by atoms with Gasteiger partial charge in [0.2, 0.25) is 0 Å². The smallest absolute Gasteiger partial charge is 0.115 e. The monoisotopic (exact) mass is 210 g/mol. The normalized spacial score (nSPS) is 19.1. The molecule has 1 aromatic rings. The average molecular weight is 211 g/mol. The Labute approximate surface area is 89.7 Å². The second-order valence-electron chi connectivity index (χ2n) is 4.00. The minimum absolute atomic E-state index is 0.134. The molecule has 0 fully saturated rings. The Morgan fingerprint density at radius 3 is 2.79 bits per heavy atom. The Hall–Kier alpha value is -0.630. The van der Waals surface area contributed by atoms with E-state index in [4.69, 9.17) is 11.6 Å². The molecular formula is C11H15ClN2. The fraction of sp³-hybridized carbons (Fsp3) is 0.636. The second-order valence-corrected chi connectivity index (χ2v) is 4.69. The molecule has 3 heteroatoms. The van der Waals surface area contributed by atoms with Gasteiger partial charge in [-0.15, -0.1) is 11.6 Å². The Morgan fingerprint density at radius 1 is 1.29 bits per heavy atom. The zero-order chi connectivity index (χ0) is 10.1. The third-order valence-electron chi connectivity index (χ3n) is 3.03. The summed E-state index contributed by atoms with van der Waals surface area (Å²) in [4.78, 5) is 8.68. The Bertz CT molecular complexity index is 336. The summed E-state index contributed by atoms with van der Waals surface area (Å²) >= 11 is 6.10. The first-order chi connectivity index (χ1) is 6.70. The Morgan fingerprint density at radius 2 is 2.07 bits per heavy atom. The lowest BCUT2D eigenvalue weighted by molar-refractivity contribution is 0.700. The van der Waals surface area contributed by atoms with E-state index in [1.54, 1.807) is 6.33 Å². The summed E-state index contributed by atoms with van der Waals surface area (Å²) in [6, 6.07) is 0. The fourth-order valence-corrected chi connectivity index (χ4v) is 2.11. The van der Waals surface area contributed by atoms with Crippen molar-refractivity contribution in [3.63, 3.8) is 0 Å². The summed E-state index contributed by atoms with van der Waals surface area (Å²) in [5.74, 6) is 0.325. The van der Waals surface area contributed by atoms with Gasteiger partial charge < -0.3 is 0 Å². The number of rotatable bonds is 2. The number of hydrogen-bond acceptors (Lipinski definition) is 2. The highest BCUT2D eigenvalue weighted by atomic mass is 35.5. The van der Waals surface area contributed by atoms with Crippen LogP contribution in [0.25, 0.3) is 0 Å². The molecule has 14 heavy (non-hydrogen) atoms. The molecule has 76 valence electrons. The van der Waals surface area contributed by atoms with Crippen molar-refractivity contribution in [1.82, 2.24) is 9.97 Å². The van der Waals surface area contributed by atoms with Crippen molar-refractivity contribution < 1.29 is 0 Å². The van der Waals surface area contributed by atoms with Crippen molar-refractivity contribution in [2.75, 3.05) is 0 Å². The highest BCUT2D eigenvalue weighted by Crippen LogP contribution is 2.29. The fourth-order valence-electron chi connectivity index (χ4n) is 1.99. The molecule has 1 aromatic heterocycles. The van der Waals surface area contributed by atoms with Crippen LogP contribution in [0.4, 0.5) is 0 Å². The van der Waals surface area contributed by atoms with Crippen LogP contribution >= 0.6 is 11.6 Å². The SMILES string of the molecule is CC(Cl)C(C)c1ncnc2c1CCC2. The van der Waals surface area contributed by atoms with Crippen LogP contribution in [0, 0.1) is 0 Å². The molecule has 2 nitrogen and oxygen atoms in total. The molecule has 0 bridgehead atoms. The summed E-state index contributed by atoms with van der Waals surface area (Å²) in [5, 5.41) is 0.134. The van der Waals surface area contributed by atoms with Crippen LogP contribution in [-0.2, 0) is 12.8 Å². The van der Waals surface area contributed by atoms with Gasteiger partial charge in [0.15, 0.2) is 0 Å². The zero-order valence-electron chi connectivity index (χ0n) is 8.63. The van der Waals surface area contributed by atoms with E-state index >= 15 is 0 Å². The summed E-state index contributed by atoms with van der Waals surface area (Å²) in [5.41, 5.74) is 3.75. The summed E-state index contributed by atoms with van der Waals surface area (Å²) in [7, 11) is 0. The first-order valence-corrected chi connectivity index (χ1v) is 5.60. The van der Waals surface area contributed by atoms with E-state index in [0.29, 0.717) is 5.92 Å². The van der Waals surface area contributed by atoms with Crippen LogP contribution in [0.2, 0.25) is 0 Å². The predicted molar refractivity (Wildman–Crippen MR) is 57.8 cm³/mol. The first-order valence-electron chi connectivity index (χ1n) is 5.17. The highest BCUT2D eigenvalue weighted by molar-refractivity contribution is 6.20. The van der Waals surface area contributed by atoms with Crippen molar-refractivity contribution in [1.29, 1.82) is 0 Å². The van der Waals surface area contributed by atoms with Crippen LogP contribution in [-0.4, -0.2) is 15.3 Å². The van der Waals surface area contributed by atoms with E-state index in [1.807, 2.05) is 6.92 Å².